The van der Waals surface area contributed by atoms with Crippen LogP contribution in [0.4, 0.5) is 0 Å². The first-order chi connectivity index (χ1) is 5.72. The molecule has 2 atom stereocenters. The lowest BCUT2D eigenvalue weighted by molar-refractivity contribution is -0.133. The van der Waals surface area contributed by atoms with Gasteiger partial charge < -0.3 is 4.90 Å². The third-order valence-electron chi connectivity index (χ3n) is 3.14. The van der Waals surface area contributed by atoms with E-state index in [-0.39, 0.29) is 0 Å². The van der Waals surface area contributed by atoms with Gasteiger partial charge in [0, 0.05) is 31.6 Å². The zero-order valence-electron chi connectivity index (χ0n) is 7.79. The minimum atomic E-state index is 0.329. The molecule has 2 fully saturated rings. The molecule has 1 amide bonds. The molecule has 0 radical (unpaired) electrons. The number of carbonyl (C=O) groups is 1. The number of carbonyl (C=O) groups excluding carboxylic acids is 1. The van der Waals surface area contributed by atoms with Gasteiger partial charge in [0.05, 0.1) is 0 Å². The van der Waals surface area contributed by atoms with E-state index in [0.717, 1.165) is 13.1 Å². The molecule has 0 saturated carbocycles. The Morgan fingerprint density at radius 3 is 2.58 bits per heavy atom. The van der Waals surface area contributed by atoms with Crippen molar-refractivity contribution >= 4 is 5.91 Å². The van der Waals surface area contributed by atoms with Crippen molar-refractivity contribution in [3.8, 4) is 0 Å². The van der Waals surface area contributed by atoms with Crippen molar-refractivity contribution in [3.05, 3.63) is 0 Å². The normalized spacial score (nSPS) is 34.7. The molecule has 0 aromatic carbocycles. The minimum Gasteiger partial charge on any atom is -0.337 e. The van der Waals surface area contributed by atoms with Crippen molar-refractivity contribution in [2.24, 2.45) is 0 Å². The summed E-state index contributed by atoms with van der Waals surface area (Å²) in [5.41, 5.74) is 0. The topological polar surface area (TPSA) is 23.6 Å². The number of likely N-dealkylation sites (N-methyl/N-ethyl adjacent to an activating group) is 1. The molecule has 2 aliphatic rings. The Balaban J connectivity index is 2.02. The van der Waals surface area contributed by atoms with Gasteiger partial charge in [-0.2, -0.15) is 0 Å². The number of hydrogen-bond acceptors (Lipinski definition) is 2. The van der Waals surface area contributed by atoms with Crippen LogP contribution in [0.25, 0.3) is 0 Å². The van der Waals surface area contributed by atoms with Gasteiger partial charge in [0.2, 0.25) is 5.91 Å². The van der Waals surface area contributed by atoms with Crippen LogP contribution in [0, 0.1) is 0 Å². The molecule has 0 unspecified atom stereocenters. The maximum atomic E-state index is 11.4. The van der Waals surface area contributed by atoms with Gasteiger partial charge in [-0.1, -0.05) is 6.92 Å². The Morgan fingerprint density at radius 2 is 2.17 bits per heavy atom. The highest BCUT2D eigenvalue weighted by molar-refractivity contribution is 5.76. The monoisotopic (exact) mass is 168 g/mol. The molecular formula is C9H16N2O. The molecule has 2 heterocycles. The summed E-state index contributed by atoms with van der Waals surface area (Å²) in [5, 5.41) is 0. The zero-order valence-corrected chi connectivity index (χ0v) is 7.79. The average molecular weight is 168 g/mol. The van der Waals surface area contributed by atoms with E-state index in [9.17, 15) is 4.79 Å². The van der Waals surface area contributed by atoms with E-state index < -0.39 is 0 Å². The van der Waals surface area contributed by atoms with Gasteiger partial charge in [0.25, 0.3) is 0 Å². The fraction of sp³-hybridized carbons (Fsp3) is 0.889. The summed E-state index contributed by atoms with van der Waals surface area (Å²) in [5.74, 6) is 0.329. The second-order valence-electron chi connectivity index (χ2n) is 3.88. The molecule has 2 bridgehead atoms. The molecule has 0 aliphatic carbocycles. The molecule has 0 aromatic rings. The molecule has 3 nitrogen and oxygen atoms in total. The van der Waals surface area contributed by atoms with Crippen molar-refractivity contribution in [1.29, 1.82) is 0 Å². The van der Waals surface area contributed by atoms with Crippen LogP contribution >= 0.6 is 0 Å². The van der Waals surface area contributed by atoms with Crippen LogP contribution < -0.4 is 0 Å². The third kappa shape index (κ3) is 1.04. The van der Waals surface area contributed by atoms with Gasteiger partial charge in [0.1, 0.15) is 0 Å². The second kappa shape index (κ2) is 2.73. The van der Waals surface area contributed by atoms with Crippen LogP contribution in [0.15, 0.2) is 0 Å². The van der Waals surface area contributed by atoms with Crippen LogP contribution in [-0.4, -0.2) is 47.9 Å². The van der Waals surface area contributed by atoms with E-state index in [4.69, 9.17) is 0 Å². The van der Waals surface area contributed by atoms with Gasteiger partial charge in [-0.05, 0) is 13.5 Å². The number of piperazine rings is 1. The maximum Gasteiger partial charge on any atom is 0.222 e. The molecule has 68 valence electrons. The molecular weight excluding hydrogens is 152 g/mol. The van der Waals surface area contributed by atoms with Crippen LogP contribution in [0.5, 0.6) is 0 Å². The number of hydrogen-bond donors (Lipinski definition) is 0. The molecule has 0 N–H and O–H groups in total. The highest BCUT2D eigenvalue weighted by atomic mass is 16.2. The number of nitrogens with zero attached hydrogens (tertiary/aromatic N) is 2. The molecule has 2 aliphatic heterocycles. The van der Waals surface area contributed by atoms with E-state index in [0.29, 0.717) is 24.4 Å². The van der Waals surface area contributed by atoms with Crippen LogP contribution in [-0.2, 0) is 4.79 Å². The predicted octanol–water partition coefficient (Wildman–Crippen LogP) is 0.311. The largest absolute Gasteiger partial charge is 0.337 e. The molecule has 0 aromatic heterocycles. The van der Waals surface area contributed by atoms with Crippen molar-refractivity contribution in [2.45, 2.75) is 31.8 Å². The molecule has 12 heavy (non-hydrogen) atoms. The quantitative estimate of drug-likeness (QED) is 0.562. The standard InChI is InChI=1S/C9H16N2O/c1-3-9(12)11-6-7-4-8(11)5-10(7)2/h7-8H,3-6H2,1-2H3/t7-,8-/m1/s1. The van der Waals surface area contributed by atoms with E-state index in [1.165, 1.54) is 6.42 Å². The fourth-order valence-corrected chi connectivity index (χ4v) is 2.37. The van der Waals surface area contributed by atoms with Crippen LogP contribution in [0.2, 0.25) is 0 Å². The van der Waals surface area contributed by atoms with Crippen LogP contribution in [0.3, 0.4) is 0 Å². The Labute approximate surface area is 73.3 Å². The Hall–Kier alpha value is -0.570. The number of likely N-dealkylation sites (tertiary alicyclic amines) is 2. The lowest BCUT2D eigenvalue weighted by atomic mass is 10.2. The molecule has 3 heteroatoms. The Morgan fingerprint density at radius 1 is 1.42 bits per heavy atom. The lowest BCUT2D eigenvalue weighted by Crippen LogP contribution is -2.47. The minimum absolute atomic E-state index is 0.329. The van der Waals surface area contributed by atoms with Crippen molar-refractivity contribution < 1.29 is 4.79 Å². The first-order valence-corrected chi connectivity index (χ1v) is 4.72. The SMILES string of the molecule is CCC(=O)N1C[C@H]2C[C@@H]1CN2C. The van der Waals surface area contributed by atoms with E-state index >= 15 is 0 Å². The highest BCUT2D eigenvalue weighted by Gasteiger charge is 2.42. The highest BCUT2D eigenvalue weighted by Crippen LogP contribution is 2.29. The molecule has 0 spiro atoms. The Kier molecular flexibility index (Phi) is 1.83. The summed E-state index contributed by atoms with van der Waals surface area (Å²) in [6, 6.07) is 1.16. The third-order valence-corrected chi connectivity index (χ3v) is 3.14. The second-order valence-corrected chi connectivity index (χ2v) is 3.88. The van der Waals surface area contributed by atoms with Gasteiger partial charge in [-0.15, -0.1) is 0 Å². The summed E-state index contributed by atoms with van der Waals surface area (Å²) >= 11 is 0. The zero-order chi connectivity index (χ0) is 8.72. The van der Waals surface area contributed by atoms with Gasteiger partial charge in [-0.3, -0.25) is 9.69 Å². The van der Waals surface area contributed by atoms with Crippen molar-refractivity contribution in [2.75, 3.05) is 20.1 Å². The summed E-state index contributed by atoms with van der Waals surface area (Å²) in [6.45, 7) is 3.99. The maximum absolute atomic E-state index is 11.4. The summed E-state index contributed by atoms with van der Waals surface area (Å²) in [6.07, 6.45) is 1.86. The summed E-state index contributed by atoms with van der Waals surface area (Å²) in [7, 11) is 2.15. The van der Waals surface area contributed by atoms with Crippen LogP contribution in [0.1, 0.15) is 19.8 Å². The van der Waals surface area contributed by atoms with Crippen molar-refractivity contribution in [3.63, 3.8) is 0 Å². The smallest absolute Gasteiger partial charge is 0.222 e. The van der Waals surface area contributed by atoms with E-state index in [1.54, 1.807) is 0 Å². The van der Waals surface area contributed by atoms with E-state index in [1.807, 2.05) is 6.92 Å². The molecule has 2 saturated heterocycles. The first-order valence-electron chi connectivity index (χ1n) is 4.72. The number of amides is 1. The van der Waals surface area contributed by atoms with Gasteiger partial charge >= 0.3 is 0 Å². The number of fused-ring (bicyclic) bond motifs is 2. The summed E-state index contributed by atoms with van der Waals surface area (Å²) in [4.78, 5) is 15.8. The van der Waals surface area contributed by atoms with Gasteiger partial charge in [0.15, 0.2) is 0 Å². The summed E-state index contributed by atoms with van der Waals surface area (Å²) < 4.78 is 0. The fourth-order valence-electron chi connectivity index (χ4n) is 2.37. The number of rotatable bonds is 1. The predicted molar refractivity (Wildman–Crippen MR) is 46.8 cm³/mol. The first kappa shape index (κ1) is 8.05. The Bertz CT molecular complexity index is 203. The lowest BCUT2D eigenvalue weighted by Gasteiger charge is -2.31. The van der Waals surface area contributed by atoms with Crippen molar-refractivity contribution in [1.82, 2.24) is 9.80 Å². The van der Waals surface area contributed by atoms with E-state index in [2.05, 4.69) is 16.8 Å². The van der Waals surface area contributed by atoms with Gasteiger partial charge in [-0.25, -0.2) is 0 Å². The average Bonchev–Trinajstić information content (AvgIpc) is 2.60. The molecule has 2 rings (SSSR count).